The molecule has 1 heterocycles. The molecule has 0 radical (unpaired) electrons. The molecule has 0 aliphatic heterocycles. The molecule has 1 saturated carbocycles. The zero-order chi connectivity index (χ0) is 14.1. The fraction of sp³-hybridized carbons (Fsp3) is 0.467. The summed E-state index contributed by atoms with van der Waals surface area (Å²) >= 11 is 6.00. The molecule has 0 saturated heterocycles. The predicted octanol–water partition coefficient (Wildman–Crippen LogP) is 4.23. The molecule has 1 aromatic heterocycles. The number of carboxylic acid groups (broad SMARTS) is 1. The lowest BCUT2D eigenvalue weighted by atomic mass is 9.78. The van der Waals surface area contributed by atoms with Gasteiger partial charge in [0.25, 0.3) is 0 Å². The summed E-state index contributed by atoms with van der Waals surface area (Å²) in [5.74, 6) is -1.30. The number of fused-ring (bicyclic) bond motifs is 1. The van der Waals surface area contributed by atoms with Gasteiger partial charge in [0.15, 0.2) is 5.58 Å². The summed E-state index contributed by atoms with van der Waals surface area (Å²) in [6, 6.07) is 5.19. The molecule has 1 aromatic carbocycles. The molecule has 1 aliphatic carbocycles. The van der Waals surface area contributed by atoms with Crippen LogP contribution in [-0.4, -0.2) is 16.2 Å². The fourth-order valence-corrected chi connectivity index (χ4v) is 3.34. The van der Waals surface area contributed by atoms with Gasteiger partial charge in [-0.1, -0.05) is 36.0 Å². The third kappa shape index (κ3) is 2.40. The average Bonchev–Trinajstić information content (AvgIpc) is 2.83. The highest BCUT2D eigenvalue weighted by Crippen LogP contribution is 2.38. The Morgan fingerprint density at radius 2 is 2.10 bits per heavy atom. The minimum absolute atomic E-state index is 0.133. The second-order valence-corrected chi connectivity index (χ2v) is 5.86. The van der Waals surface area contributed by atoms with E-state index in [4.69, 9.17) is 16.1 Å². The van der Waals surface area contributed by atoms with Gasteiger partial charge in [0.2, 0.25) is 0 Å². The first-order valence-electron chi connectivity index (χ1n) is 6.94. The van der Waals surface area contributed by atoms with E-state index < -0.39 is 11.9 Å². The quantitative estimate of drug-likeness (QED) is 0.920. The normalized spacial score (nSPS) is 18.2. The maximum Gasteiger partial charge on any atom is 0.313 e. The molecule has 2 aromatic rings. The van der Waals surface area contributed by atoms with Crippen LogP contribution in [0.3, 0.4) is 0 Å². The molecule has 5 heteroatoms. The number of rotatable bonds is 3. The number of carbonyl (C=O) groups is 1. The lowest BCUT2D eigenvalue weighted by Gasteiger charge is -2.26. The number of hydrogen-bond acceptors (Lipinski definition) is 3. The van der Waals surface area contributed by atoms with Gasteiger partial charge < -0.3 is 9.63 Å². The van der Waals surface area contributed by atoms with E-state index in [-0.39, 0.29) is 5.92 Å². The summed E-state index contributed by atoms with van der Waals surface area (Å²) in [5.41, 5.74) is 1.10. The van der Waals surface area contributed by atoms with E-state index in [1.165, 1.54) is 6.42 Å². The number of nitrogens with zero attached hydrogens (tertiary/aromatic N) is 1. The minimum atomic E-state index is -0.827. The monoisotopic (exact) mass is 293 g/mol. The highest BCUT2D eigenvalue weighted by molar-refractivity contribution is 6.31. The number of halogens is 1. The highest BCUT2D eigenvalue weighted by Gasteiger charge is 2.34. The zero-order valence-corrected chi connectivity index (χ0v) is 11.8. The van der Waals surface area contributed by atoms with Crippen LogP contribution in [0, 0.1) is 5.92 Å². The van der Waals surface area contributed by atoms with E-state index in [2.05, 4.69) is 5.16 Å². The number of aliphatic carboxylic acids is 1. The molecule has 1 atom stereocenters. The van der Waals surface area contributed by atoms with Crippen molar-refractivity contribution in [2.45, 2.75) is 38.0 Å². The van der Waals surface area contributed by atoms with Gasteiger partial charge in [-0.25, -0.2) is 0 Å². The molecule has 3 rings (SSSR count). The largest absolute Gasteiger partial charge is 0.481 e. The molecular weight excluding hydrogens is 278 g/mol. The molecule has 0 spiro atoms. The first-order chi connectivity index (χ1) is 9.66. The van der Waals surface area contributed by atoms with Crippen LogP contribution in [0.5, 0.6) is 0 Å². The molecule has 4 nitrogen and oxygen atoms in total. The first kappa shape index (κ1) is 13.4. The van der Waals surface area contributed by atoms with Crippen molar-refractivity contribution in [3.8, 4) is 0 Å². The van der Waals surface area contributed by atoms with Crippen molar-refractivity contribution in [2.24, 2.45) is 5.92 Å². The van der Waals surface area contributed by atoms with Crippen LogP contribution in [-0.2, 0) is 4.79 Å². The maximum atomic E-state index is 11.7. The third-order valence-corrected chi connectivity index (χ3v) is 4.38. The van der Waals surface area contributed by atoms with Crippen molar-refractivity contribution in [3.05, 3.63) is 28.9 Å². The van der Waals surface area contributed by atoms with E-state index in [1.54, 1.807) is 18.2 Å². The van der Waals surface area contributed by atoms with Crippen LogP contribution < -0.4 is 0 Å². The summed E-state index contributed by atoms with van der Waals surface area (Å²) in [4.78, 5) is 11.7. The Kier molecular flexibility index (Phi) is 3.66. The SMILES string of the molecule is O=C(O)C(c1noc2ccc(Cl)cc12)C1CCCCC1. The van der Waals surface area contributed by atoms with Gasteiger partial charge in [-0.3, -0.25) is 4.79 Å². The number of carboxylic acids is 1. The second-order valence-electron chi connectivity index (χ2n) is 5.42. The topological polar surface area (TPSA) is 63.3 Å². The van der Waals surface area contributed by atoms with E-state index in [0.717, 1.165) is 31.1 Å². The smallest absolute Gasteiger partial charge is 0.313 e. The summed E-state index contributed by atoms with van der Waals surface area (Å²) in [6.45, 7) is 0. The average molecular weight is 294 g/mol. The van der Waals surface area contributed by atoms with Gasteiger partial charge in [0.1, 0.15) is 11.6 Å². The Morgan fingerprint density at radius 3 is 2.80 bits per heavy atom. The zero-order valence-electron chi connectivity index (χ0n) is 11.0. The number of aromatic nitrogens is 1. The molecule has 0 amide bonds. The Morgan fingerprint density at radius 1 is 1.35 bits per heavy atom. The van der Waals surface area contributed by atoms with Crippen molar-refractivity contribution in [1.29, 1.82) is 0 Å². The molecule has 1 aliphatic rings. The van der Waals surface area contributed by atoms with Crippen LogP contribution in [0.25, 0.3) is 11.0 Å². The van der Waals surface area contributed by atoms with Crippen molar-refractivity contribution in [1.82, 2.24) is 5.16 Å². The van der Waals surface area contributed by atoms with Crippen molar-refractivity contribution < 1.29 is 14.4 Å². The highest BCUT2D eigenvalue weighted by atomic mass is 35.5. The summed E-state index contributed by atoms with van der Waals surface area (Å²) in [5, 5.41) is 14.9. The predicted molar refractivity (Wildman–Crippen MR) is 76.0 cm³/mol. The summed E-state index contributed by atoms with van der Waals surface area (Å²) in [7, 11) is 0. The van der Waals surface area contributed by atoms with E-state index in [0.29, 0.717) is 16.3 Å². The Bertz CT molecular complexity index is 631. The minimum Gasteiger partial charge on any atom is -0.481 e. The van der Waals surface area contributed by atoms with E-state index >= 15 is 0 Å². The lowest BCUT2D eigenvalue weighted by molar-refractivity contribution is -0.140. The molecule has 1 N–H and O–H groups in total. The third-order valence-electron chi connectivity index (χ3n) is 4.14. The van der Waals surface area contributed by atoms with Crippen LogP contribution in [0.2, 0.25) is 5.02 Å². The van der Waals surface area contributed by atoms with Gasteiger partial charge in [0, 0.05) is 10.4 Å². The van der Waals surface area contributed by atoms with Crippen LogP contribution in [0.4, 0.5) is 0 Å². The summed E-state index contributed by atoms with van der Waals surface area (Å²) < 4.78 is 5.25. The van der Waals surface area contributed by atoms with E-state index in [1.807, 2.05) is 0 Å². The number of benzene rings is 1. The fourth-order valence-electron chi connectivity index (χ4n) is 3.16. The summed E-state index contributed by atoms with van der Waals surface area (Å²) in [6.07, 6.45) is 5.24. The maximum absolute atomic E-state index is 11.7. The first-order valence-corrected chi connectivity index (χ1v) is 7.32. The molecular formula is C15H16ClNO3. The van der Waals surface area contributed by atoms with Crippen LogP contribution >= 0.6 is 11.6 Å². The second kappa shape index (κ2) is 5.44. The van der Waals surface area contributed by atoms with Gasteiger partial charge in [-0.15, -0.1) is 0 Å². The van der Waals surface area contributed by atoms with Crippen LogP contribution in [0.1, 0.15) is 43.7 Å². The van der Waals surface area contributed by atoms with Crippen molar-refractivity contribution in [3.63, 3.8) is 0 Å². The van der Waals surface area contributed by atoms with Gasteiger partial charge in [-0.05, 0) is 37.0 Å². The van der Waals surface area contributed by atoms with E-state index in [9.17, 15) is 9.90 Å². The van der Waals surface area contributed by atoms with Gasteiger partial charge >= 0.3 is 5.97 Å². The molecule has 20 heavy (non-hydrogen) atoms. The van der Waals surface area contributed by atoms with Crippen molar-refractivity contribution in [2.75, 3.05) is 0 Å². The molecule has 106 valence electrons. The Labute approximate surface area is 121 Å². The standard InChI is InChI=1S/C15H16ClNO3/c16-10-6-7-12-11(8-10)14(17-20-12)13(15(18)19)9-4-2-1-3-5-9/h6-9,13H,1-5H2,(H,18,19). The van der Waals surface area contributed by atoms with Gasteiger partial charge in [-0.2, -0.15) is 0 Å². The Hall–Kier alpha value is -1.55. The lowest BCUT2D eigenvalue weighted by Crippen LogP contribution is -2.24. The van der Waals surface area contributed by atoms with Gasteiger partial charge in [0.05, 0.1) is 0 Å². The van der Waals surface area contributed by atoms with Crippen LogP contribution in [0.15, 0.2) is 22.7 Å². The molecule has 0 bridgehead atoms. The Balaban J connectivity index is 2.04. The number of hydrogen-bond donors (Lipinski definition) is 1. The van der Waals surface area contributed by atoms with Crippen molar-refractivity contribution >= 4 is 28.5 Å². The molecule has 1 unspecified atom stereocenters. The molecule has 1 fully saturated rings.